The third-order valence-corrected chi connectivity index (χ3v) is 2.46. The van der Waals surface area contributed by atoms with Gasteiger partial charge in [0.2, 0.25) is 0 Å². The second-order valence-corrected chi connectivity index (χ2v) is 3.73. The second kappa shape index (κ2) is 5.46. The lowest BCUT2D eigenvalue weighted by atomic mass is 10.1. The minimum Gasteiger partial charge on any atom is -0.453 e. The van der Waals surface area contributed by atoms with Crippen molar-refractivity contribution in [3.8, 4) is 0 Å². The van der Waals surface area contributed by atoms with Crippen LogP contribution in [0.5, 0.6) is 0 Å². The van der Waals surface area contributed by atoms with Crippen LogP contribution in [0.3, 0.4) is 0 Å². The molecule has 0 saturated carbocycles. The number of carbonyl (C=O) groups is 1. The standard InChI is InChI=1S/C11H14N2O2S/c1-7-5-4-6-9(8(7)2)12-10(16)13-11(14)15-3/h4-6H,1-3H3,(H2,12,13,14,16). The van der Waals surface area contributed by atoms with E-state index in [1.54, 1.807) is 0 Å². The first-order valence-corrected chi connectivity index (χ1v) is 5.17. The molecule has 0 aliphatic rings. The van der Waals surface area contributed by atoms with Gasteiger partial charge < -0.3 is 10.1 Å². The van der Waals surface area contributed by atoms with E-state index < -0.39 is 6.09 Å². The van der Waals surface area contributed by atoms with Crippen LogP contribution >= 0.6 is 12.2 Å². The first kappa shape index (κ1) is 12.4. The van der Waals surface area contributed by atoms with E-state index >= 15 is 0 Å². The van der Waals surface area contributed by atoms with Gasteiger partial charge in [-0.3, -0.25) is 5.32 Å². The Bertz CT molecular complexity index is 418. The third kappa shape index (κ3) is 3.20. The predicted molar refractivity (Wildman–Crippen MR) is 67.7 cm³/mol. The molecule has 0 unspecified atom stereocenters. The summed E-state index contributed by atoms with van der Waals surface area (Å²) in [5.41, 5.74) is 3.13. The normalized spacial score (nSPS) is 9.44. The van der Waals surface area contributed by atoms with Gasteiger partial charge in [-0.2, -0.15) is 0 Å². The monoisotopic (exact) mass is 238 g/mol. The lowest BCUT2D eigenvalue weighted by molar-refractivity contribution is 0.177. The molecule has 1 amide bonds. The summed E-state index contributed by atoms with van der Waals surface area (Å²) in [7, 11) is 1.29. The average Bonchev–Trinajstić information content (AvgIpc) is 2.24. The molecule has 5 heteroatoms. The molecule has 0 saturated heterocycles. The smallest absolute Gasteiger partial charge is 0.413 e. The molecule has 0 atom stereocenters. The van der Waals surface area contributed by atoms with Crippen molar-refractivity contribution in [3.05, 3.63) is 29.3 Å². The Kier molecular flexibility index (Phi) is 4.25. The van der Waals surface area contributed by atoms with E-state index in [0.29, 0.717) is 0 Å². The molecule has 4 nitrogen and oxygen atoms in total. The number of benzene rings is 1. The van der Waals surface area contributed by atoms with Crippen molar-refractivity contribution < 1.29 is 9.53 Å². The number of methoxy groups -OCH3 is 1. The molecule has 0 heterocycles. The molecule has 1 aromatic rings. The molecule has 0 aromatic heterocycles. The summed E-state index contributed by atoms with van der Waals surface area (Å²) in [6, 6.07) is 5.83. The predicted octanol–water partition coefficient (Wildman–Crippen LogP) is 2.36. The number of rotatable bonds is 1. The fourth-order valence-electron chi connectivity index (χ4n) is 1.18. The number of hydrogen-bond donors (Lipinski definition) is 2. The number of nitrogens with one attached hydrogen (secondary N) is 2. The van der Waals surface area contributed by atoms with Crippen molar-refractivity contribution in [2.45, 2.75) is 13.8 Å². The summed E-state index contributed by atoms with van der Waals surface area (Å²) in [6.45, 7) is 4.00. The summed E-state index contributed by atoms with van der Waals surface area (Å²) in [4.78, 5) is 10.9. The van der Waals surface area contributed by atoms with Crippen LogP contribution in [0.25, 0.3) is 0 Å². The van der Waals surface area contributed by atoms with E-state index in [-0.39, 0.29) is 5.11 Å². The number of alkyl carbamates (subject to hydrolysis) is 1. The number of amides is 1. The topological polar surface area (TPSA) is 50.4 Å². The van der Waals surface area contributed by atoms with Gasteiger partial charge in [-0.25, -0.2) is 4.79 Å². The van der Waals surface area contributed by atoms with E-state index in [0.717, 1.165) is 16.8 Å². The van der Waals surface area contributed by atoms with E-state index in [4.69, 9.17) is 12.2 Å². The molecule has 86 valence electrons. The maximum absolute atomic E-state index is 10.9. The SMILES string of the molecule is COC(=O)NC(=S)Nc1cccc(C)c1C. The number of thiocarbonyl (C=S) groups is 1. The van der Waals surface area contributed by atoms with Gasteiger partial charge in [0.1, 0.15) is 0 Å². The second-order valence-electron chi connectivity index (χ2n) is 3.32. The molecular formula is C11H14N2O2S. The van der Waals surface area contributed by atoms with E-state index in [1.807, 2.05) is 32.0 Å². The number of aryl methyl sites for hydroxylation is 1. The Morgan fingerprint density at radius 1 is 1.38 bits per heavy atom. The van der Waals surface area contributed by atoms with Crippen LogP contribution in [0.15, 0.2) is 18.2 Å². The average molecular weight is 238 g/mol. The van der Waals surface area contributed by atoms with Gasteiger partial charge in [0, 0.05) is 5.69 Å². The van der Waals surface area contributed by atoms with Gasteiger partial charge in [0.25, 0.3) is 0 Å². The molecule has 0 radical (unpaired) electrons. The Morgan fingerprint density at radius 2 is 2.06 bits per heavy atom. The molecule has 2 N–H and O–H groups in total. The van der Waals surface area contributed by atoms with Gasteiger partial charge in [0.05, 0.1) is 7.11 Å². The van der Waals surface area contributed by atoms with Crippen molar-refractivity contribution in [3.63, 3.8) is 0 Å². The first-order chi connectivity index (χ1) is 7.54. The highest BCUT2D eigenvalue weighted by molar-refractivity contribution is 7.80. The van der Waals surface area contributed by atoms with Crippen molar-refractivity contribution >= 4 is 29.1 Å². The van der Waals surface area contributed by atoms with Gasteiger partial charge in [-0.05, 0) is 43.3 Å². The minimum absolute atomic E-state index is 0.223. The fraction of sp³-hybridized carbons (Fsp3) is 0.273. The maximum atomic E-state index is 10.9. The van der Waals surface area contributed by atoms with Gasteiger partial charge in [-0.1, -0.05) is 12.1 Å². The van der Waals surface area contributed by atoms with Gasteiger partial charge >= 0.3 is 6.09 Å². The Hall–Kier alpha value is -1.62. The third-order valence-electron chi connectivity index (χ3n) is 2.25. The van der Waals surface area contributed by atoms with Crippen LogP contribution < -0.4 is 10.6 Å². The molecule has 0 aliphatic heterocycles. The maximum Gasteiger partial charge on any atom is 0.413 e. The highest BCUT2D eigenvalue weighted by Crippen LogP contribution is 2.17. The molecule has 0 fully saturated rings. The van der Waals surface area contributed by atoms with Crippen molar-refractivity contribution in [2.24, 2.45) is 0 Å². The van der Waals surface area contributed by atoms with Gasteiger partial charge in [-0.15, -0.1) is 0 Å². The van der Waals surface area contributed by atoms with Crippen molar-refractivity contribution in [1.29, 1.82) is 0 Å². The first-order valence-electron chi connectivity index (χ1n) is 4.76. The zero-order valence-corrected chi connectivity index (χ0v) is 10.3. The van der Waals surface area contributed by atoms with Crippen LogP contribution in [0.4, 0.5) is 10.5 Å². The number of carbonyl (C=O) groups excluding carboxylic acids is 1. The van der Waals surface area contributed by atoms with Crippen LogP contribution in [0.2, 0.25) is 0 Å². The van der Waals surface area contributed by atoms with Crippen LogP contribution in [-0.4, -0.2) is 18.3 Å². The van der Waals surface area contributed by atoms with E-state index in [1.165, 1.54) is 7.11 Å². The van der Waals surface area contributed by atoms with Crippen LogP contribution in [-0.2, 0) is 4.74 Å². The number of ether oxygens (including phenoxy) is 1. The Labute approximate surface area is 100.0 Å². The zero-order chi connectivity index (χ0) is 12.1. The summed E-state index contributed by atoms with van der Waals surface area (Å²) in [6.07, 6.45) is -0.581. The molecule has 0 bridgehead atoms. The lowest BCUT2D eigenvalue weighted by Crippen LogP contribution is -2.34. The van der Waals surface area contributed by atoms with E-state index in [9.17, 15) is 4.79 Å². The van der Waals surface area contributed by atoms with Gasteiger partial charge in [0.15, 0.2) is 5.11 Å². The summed E-state index contributed by atoms with van der Waals surface area (Å²) >= 11 is 4.96. The summed E-state index contributed by atoms with van der Waals surface area (Å²) < 4.78 is 4.43. The van der Waals surface area contributed by atoms with Crippen molar-refractivity contribution in [2.75, 3.05) is 12.4 Å². The molecule has 1 aromatic carbocycles. The quantitative estimate of drug-likeness (QED) is 0.737. The Morgan fingerprint density at radius 3 is 2.69 bits per heavy atom. The van der Waals surface area contributed by atoms with Crippen molar-refractivity contribution in [1.82, 2.24) is 5.32 Å². The fourth-order valence-corrected chi connectivity index (χ4v) is 1.38. The molecule has 0 spiro atoms. The minimum atomic E-state index is -0.581. The Balaban J connectivity index is 2.70. The lowest BCUT2D eigenvalue weighted by Gasteiger charge is -2.12. The summed E-state index contributed by atoms with van der Waals surface area (Å²) in [5.74, 6) is 0. The zero-order valence-electron chi connectivity index (χ0n) is 9.46. The van der Waals surface area contributed by atoms with Crippen LogP contribution in [0, 0.1) is 13.8 Å². The molecule has 0 aliphatic carbocycles. The highest BCUT2D eigenvalue weighted by atomic mass is 32.1. The molecule has 16 heavy (non-hydrogen) atoms. The van der Waals surface area contributed by atoms with E-state index in [2.05, 4.69) is 15.4 Å². The van der Waals surface area contributed by atoms with Crippen LogP contribution in [0.1, 0.15) is 11.1 Å². The highest BCUT2D eigenvalue weighted by Gasteiger charge is 2.05. The number of hydrogen-bond acceptors (Lipinski definition) is 3. The number of anilines is 1. The molecular weight excluding hydrogens is 224 g/mol. The molecule has 1 rings (SSSR count). The summed E-state index contributed by atoms with van der Waals surface area (Å²) in [5, 5.41) is 5.54. The largest absolute Gasteiger partial charge is 0.453 e.